The number of benzene rings is 3. The molecule has 2 aliphatic rings. The van der Waals surface area contributed by atoms with Crippen LogP contribution in [0.15, 0.2) is 72.8 Å². The molecule has 10 nitrogen and oxygen atoms in total. The number of unbranched alkanes of at least 4 members (excludes halogenated alkanes) is 4. The lowest BCUT2D eigenvalue weighted by Crippen LogP contribution is -2.55. The Balaban J connectivity index is 1.04. The molecule has 296 valence electrons. The lowest BCUT2D eigenvalue weighted by atomic mass is 9.85. The number of para-hydroxylation sites is 1. The van der Waals surface area contributed by atoms with Gasteiger partial charge in [-0.1, -0.05) is 64.3 Å². The molecule has 3 amide bonds. The van der Waals surface area contributed by atoms with Crippen LogP contribution >= 0.6 is 0 Å². The molecule has 0 bridgehead atoms. The molecule has 10 heteroatoms. The van der Waals surface area contributed by atoms with E-state index in [9.17, 15) is 14.4 Å². The molecule has 0 radical (unpaired) electrons. The van der Waals surface area contributed by atoms with Crippen LogP contribution in [0.4, 0.5) is 5.69 Å². The number of hydrogen-bond acceptors (Lipinski definition) is 7. The number of carbonyl (C=O) groups is 3. The number of anilines is 1. The maximum atomic E-state index is 13.3. The summed E-state index contributed by atoms with van der Waals surface area (Å²) in [4.78, 5) is 46.3. The van der Waals surface area contributed by atoms with Gasteiger partial charge in [0.25, 0.3) is 0 Å². The standard InChI is InChI=1S/C46H56N4O6/c1-30-15-14-25-50(30)45(53)44(46(2,3)4)49-41(51)18-10-8-7-9-13-26-56-33-22-19-31(20-23-33)38-28-35(32-21-24-39(54-5)40(27-32)55-6)36-29-42(52)47-37-17-12-11-16-34(37)43(36)48-38/h11-12,16-17,19-24,27-28,30,44H,7-10,13-15,18,25-26,29H2,1-6H3,(H,47,52)(H,49,51). The van der Waals surface area contributed by atoms with Crippen molar-refractivity contribution in [1.29, 1.82) is 0 Å². The number of rotatable bonds is 15. The number of methoxy groups -OCH3 is 2. The van der Waals surface area contributed by atoms with Crippen LogP contribution < -0.4 is 24.8 Å². The van der Waals surface area contributed by atoms with Crippen molar-refractivity contribution in [3.63, 3.8) is 0 Å². The fourth-order valence-electron chi connectivity index (χ4n) is 7.67. The van der Waals surface area contributed by atoms with Crippen LogP contribution in [-0.2, 0) is 20.8 Å². The van der Waals surface area contributed by atoms with E-state index in [-0.39, 0.29) is 35.6 Å². The van der Waals surface area contributed by atoms with E-state index in [2.05, 4.69) is 17.6 Å². The Bertz CT molecular complexity index is 2020. The van der Waals surface area contributed by atoms with E-state index in [0.29, 0.717) is 24.5 Å². The van der Waals surface area contributed by atoms with Crippen molar-refractivity contribution >= 4 is 23.4 Å². The second-order valence-electron chi connectivity index (χ2n) is 16.0. The number of pyridine rings is 1. The number of fused-ring (bicyclic) bond motifs is 3. The normalized spacial score (nSPS) is 15.6. The third-order valence-electron chi connectivity index (χ3n) is 10.8. The fourth-order valence-corrected chi connectivity index (χ4v) is 7.67. The number of ether oxygens (including phenoxy) is 3. The molecular weight excluding hydrogens is 705 g/mol. The Labute approximate surface area is 331 Å². The zero-order chi connectivity index (χ0) is 39.8. The molecule has 1 fully saturated rings. The molecule has 2 unspecified atom stereocenters. The van der Waals surface area contributed by atoms with Gasteiger partial charge in [0.15, 0.2) is 11.5 Å². The Morgan fingerprint density at radius 2 is 1.61 bits per heavy atom. The summed E-state index contributed by atoms with van der Waals surface area (Å²) in [6.45, 7) is 9.50. The number of carbonyl (C=O) groups excluding carboxylic acids is 3. The van der Waals surface area contributed by atoms with Crippen molar-refractivity contribution in [3.05, 3.63) is 78.4 Å². The van der Waals surface area contributed by atoms with Gasteiger partial charge in [-0.25, -0.2) is 4.98 Å². The van der Waals surface area contributed by atoms with Crippen LogP contribution in [0.1, 0.15) is 84.6 Å². The fraction of sp³-hybridized carbons (Fsp3) is 0.435. The Morgan fingerprint density at radius 3 is 2.32 bits per heavy atom. The number of nitrogens with one attached hydrogen (secondary N) is 2. The lowest BCUT2D eigenvalue weighted by Gasteiger charge is -2.35. The van der Waals surface area contributed by atoms with Gasteiger partial charge in [0, 0.05) is 30.1 Å². The van der Waals surface area contributed by atoms with E-state index in [0.717, 1.165) is 102 Å². The highest BCUT2D eigenvalue weighted by molar-refractivity contribution is 6.02. The first-order chi connectivity index (χ1) is 27.0. The third-order valence-corrected chi connectivity index (χ3v) is 10.8. The van der Waals surface area contributed by atoms with Gasteiger partial charge in [-0.15, -0.1) is 0 Å². The van der Waals surface area contributed by atoms with Gasteiger partial charge in [-0.05, 0) is 103 Å². The predicted octanol–water partition coefficient (Wildman–Crippen LogP) is 8.86. The largest absolute Gasteiger partial charge is 0.494 e. The van der Waals surface area contributed by atoms with Crippen molar-refractivity contribution in [3.8, 4) is 50.9 Å². The summed E-state index contributed by atoms with van der Waals surface area (Å²) in [6.07, 6.45) is 7.32. The first-order valence-corrected chi connectivity index (χ1v) is 20.0. The van der Waals surface area contributed by atoms with E-state index in [4.69, 9.17) is 19.2 Å². The Hall–Kier alpha value is -5.38. The molecule has 3 heterocycles. The highest BCUT2D eigenvalue weighted by Crippen LogP contribution is 2.42. The maximum Gasteiger partial charge on any atom is 0.245 e. The first-order valence-electron chi connectivity index (χ1n) is 20.0. The first kappa shape index (κ1) is 40.3. The van der Waals surface area contributed by atoms with E-state index >= 15 is 0 Å². The second-order valence-corrected chi connectivity index (χ2v) is 16.0. The van der Waals surface area contributed by atoms with Gasteiger partial charge in [-0.3, -0.25) is 14.4 Å². The molecule has 2 aliphatic heterocycles. The van der Waals surface area contributed by atoms with Gasteiger partial charge < -0.3 is 29.7 Å². The van der Waals surface area contributed by atoms with E-state index in [1.807, 2.05) is 98.5 Å². The zero-order valence-corrected chi connectivity index (χ0v) is 33.7. The smallest absolute Gasteiger partial charge is 0.245 e. The minimum absolute atomic E-state index is 0.0408. The predicted molar refractivity (Wildman–Crippen MR) is 221 cm³/mol. The molecule has 1 saturated heterocycles. The van der Waals surface area contributed by atoms with Crippen LogP contribution in [0, 0.1) is 5.41 Å². The topological polar surface area (TPSA) is 119 Å². The van der Waals surface area contributed by atoms with E-state index in [1.165, 1.54) is 0 Å². The zero-order valence-electron chi connectivity index (χ0n) is 33.7. The summed E-state index contributed by atoms with van der Waals surface area (Å²) >= 11 is 0. The van der Waals surface area contributed by atoms with Crippen molar-refractivity contribution in [2.45, 2.75) is 97.6 Å². The van der Waals surface area contributed by atoms with E-state index < -0.39 is 6.04 Å². The molecule has 0 aliphatic carbocycles. The van der Waals surface area contributed by atoms with Crippen molar-refractivity contribution in [2.75, 3.05) is 32.7 Å². The van der Waals surface area contributed by atoms with Gasteiger partial charge in [0.05, 0.1) is 44.3 Å². The van der Waals surface area contributed by atoms with Crippen molar-refractivity contribution < 1.29 is 28.6 Å². The maximum absolute atomic E-state index is 13.3. The van der Waals surface area contributed by atoms with Crippen molar-refractivity contribution in [1.82, 2.24) is 15.2 Å². The van der Waals surface area contributed by atoms with E-state index in [1.54, 1.807) is 14.2 Å². The van der Waals surface area contributed by atoms with Crippen LogP contribution in [0.2, 0.25) is 0 Å². The number of aromatic nitrogens is 1. The van der Waals surface area contributed by atoms with Gasteiger partial charge in [-0.2, -0.15) is 0 Å². The Kier molecular flexibility index (Phi) is 13.0. The number of nitrogens with zero attached hydrogens (tertiary/aromatic N) is 2. The molecular formula is C46H56N4O6. The summed E-state index contributed by atoms with van der Waals surface area (Å²) in [5.41, 5.74) is 6.36. The molecule has 56 heavy (non-hydrogen) atoms. The highest BCUT2D eigenvalue weighted by Gasteiger charge is 2.38. The van der Waals surface area contributed by atoms with Crippen LogP contribution in [-0.4, -0.2) is 67.1 Å². The average Bonchev–Trinajstić information content (AvgIpc) is 3.56. The molecule has 0 saturated carbocycles. The molecule has 4 aromatic rings. The SMILES string of the molecule is COc1ccc(-c2cc(-c3ccc(OCCCCCCCC(=O)NC(C(=O)N4CCCC4C)C(C)(C)C)cc3)nc3c2CC(=O)Nc2ccccc2-3)cc1OC. The summed E-state index contributed by atoms with van der Waals surface area (Å²) in [5, 5.41) is 6.11. The number of amides is 3. The Morgan fingerprint density at radius 1 is 0.893 bits per heavy atom. The highest BCUT2D eigenvalue weighted by atomic mass is 16.5. The molecule has 1 aromatic heterocycles. The van der Waals surface area contributed by atoms with Crippen LogP contribution in [0.25, 0.3) is 33.6 Å². The molecule has 2 atom stereocenters. The summed E-state index contributed by atoms with van der Waals surface area (Å²) in [7, 11) is 3.22. The second kappa shape index (κ2) is 18.0. The van der Waals surface area contributed by atoms with Gasteiger partial charge in [0.2, 0.25) is 17.7 Å². The monoisotopic (exact) mass is 760 g/mol. The molecule has 0 spiro atoms. The quantitative estimate of drug-likeness (QED) is 0.116. The average molecular weight is 761 g/mol. The number of hydrogen-bond donors (Lipinski definition) is 2. The van der Waals surface area contributed by atoms with Gasteiger partial charge in [0.1, 0.15) is 11.8 Å². The number of likely N-dealkylation sites (tertiary alicyclic amines) is 1. The molecule has 3 aromatic carbocycles. The van der Waals surface area contributed by atoms with Crippen LogP contribution in [0.3, 0.4) is 0 Å². The van der Waals surface area contributed by atoms with Crippen molar-refractivity contribution in [2.24, 2.45) is 5.41 Å². The molecule has 6 rings (SSSR count). The summed E-state index contributed by atoms with van der Waals surface area (Å²) < 4.78 is 17.2. The van der Waals surface area contributed by atoms with Gasteiger partial charge >= 0.3 is 0 Å². The minimum Gasteiger partial charge on any atom is -0.494 e. The third kappa shape index (κ3) is 9.52. The van der Waals surface area contributed by atoms with Crippen LogP contribution in [0.5, 0.6) is 17.2 Å². The summed E-state index contributed by atoms with van der Waals surface area (Å²) in [5.74, 6) is 1.91. The lowest BCUT2D eigenvalue weighted by molar-refractivity contribution is -0.140. The molecule has 2 N–H and O–H groups in total. The summed E-state index contributed by atoms with van der Waals surface area (Å²) in [6, 6.07) is 23.3. The minimum atomic E-state index is -0.510.